The van der Waals surface area contributed by atoms with Gasteiger partial charge in [-0.05, 0) is 38.1 Å². The van der Waals surface area contributed by atoms with Crippen molar-refractivity contribution in [1.29, 1.82) is 0 Å². The number of nitrogens with zero attached hydrogens (tertiary/aromatic N) is 1. The second kappa shape index (κ2) is 6.68. The number of benzene rings is 1. The van der Waals surface area contributed by atoms with E-state index in [1.807, 2.05) is 6.92 Å². The molecule has 1 heterocycles. The number of hydrogen-bond acceptors (Lipinski definition) is 3. The summed E-state index contributed by atoms with van der Waals surface area (Å²) >= 11 is 0. The molecule has 0 aliphatic heterocycles. The average molecular weight is 324 g/mol. The lowest BCUT2D eigenvalue weighted by Crippen LogP contribution is -2.17. The lowest BCUT2D eigenvalue weighted by molar-refractivity contribution is -0.141. The number of amides is 1. The SMILES string of the molecule is CCOc1ccccc1NC(=O)c1ccc(C(F)(F)F)nc1C. The van der Waals surface area contributed by atoms with Crippen LogP contribution in [0.5, 0.6) is 5.75 Å². The Kier molecular flexibility index (Phi) is 4.88. The molecule has 2 aromatic rings. The highest BCUT2D eigenvalue weighted by Gasteiger charge is 2.33. The van der Waals surface area contributed by atoms with E-state index >= 15 is 0 Å². The van der Waals surface area contributed by atoms with Crippen LogP contribution in [0.4, 0.5) is 18.9 Å². The van der Waals surface area contributed by atoms with Gasteiger partial charge in [0, 0.05) is 0 Å². The van der Waals surface area contributed by atoms with Gasteiger partial charge in [0.05, 0.1) is 23.6 Å². The molecule has 0 saturated carbocycles. The van der Waals surface area contributed by atoms with Crippen molar-refractivity contribution in [3.8, 4) is 5.75 Å². The van der Waals surface area contributed by atoms with E-state index in [0.717, 1.165) is 12.1 Å². The summed E-state index contributed by atoms with van der Waals surface area (Å²) in [5.74, 6) is -0.0586. The molecule has 0 atom stereocenters. The molecule has 0 bridgehead atoms. The third kappa shape index (κ3) is 4.00. The number of halogens is 3. The summed E-state index contributed by atoms with van der Waals surface area (Å²) in [5.41, 5.74) is -0.504. The van der Waals surface area contributed by atoms with E-state index in [-0.39, 0.29) is 11.3 Å². The van der Waals surface area contributed by atoms with Crippen LogP contribution in [0.3, 0.4) is 0 Å². The molecule has 1 N–H and O–H groups in total. The van der Waals surface area contributed by atoms with Crippen molar-refractivity contribution in [2.45, 2.75) is 20.0 Å². The van der Waals surface area contributed by atoms with Crippen molar-refractivity contribution < 1.29 is 22.7 Å². The molecule has 23 heavy (non-hydrogen) atoms. The monoisotopic (exact) mass is 324 g/mol. The molecule has 0 aliphatic carbocycles. The van der Waals surface area contributed by atoms with E-state index in [9.17, 15) is 18.0 Å². The van der Waals surface area contributed by atoms with Crippen LogP contribution in [0, 0.1) is 6.92 Å². The van der Waals surface area contributed by atoms with Gasteiger partial charge < -0.3 is 10.1 Å². The standard InChI is InChI=1S/C16H15F3N2O2/c1-3-23-13-7-5-4-6-12(13)21-15(22)11-8-9-14(16(17,18)19)20-10(11)2/h4-9H,3H2,1-2H3,(H,21,22). The Balaban J connectivity index is 2.25. The van der Waals surface area contributed by atoms with Crippen molar-refractivity contribution in [2.24, 2.45) is 0 Å². The van der Waals surface area contributed by atoms with Crippen LogP contribution in [0.25, 0.3) is 0 Å². The molecule has 0 saturated heterocycles. The Morgan fingerprint density at radius 2 is 1.91 bits per heavy atom. The largest absolute Gasteiger partial charge is 0.492 e. The maximum atomic E-state index is 12.6. The highest BCUT2D eigenvalue weighted by molar-refractivity contribution is 6.05. The first-order valence-corrected chi connectivity index (χ1v) is 6.91. The van der Waals surface area contributed by atoms with Crippen LogP contribution in [0.1, 0.15) is 28.7 Å². The van der Waals surface area contributed by atoms with Crippen molar-refractivity contribution in [1.82, 2.24) is 4.98 Å². The predicted molar refractivity (Wildman–Crippen MR) is 79.5 cm³/mol. The first-order chi connectivity index (χ1) is 10.8. The van der Waals surface area contributed by atoms with Crippen molar-refractivity contribution in [3.05, 3.63) is 53.3 Å². The number of pyridine rings is 1. The number of hydrogen-bond donors (Lipinski definition) is 1. The molecule has 0 unspecified atom stereocenters. The quantitative estimate of drug-likeness (QED) is 0.923. The summed E-state index contributed by atoms with van der Waals surface area (Å²) < 4.78 is 43.2. The molecule has 2 rings (SSSR count). The van der Waals surface area contributed by atoms with Gasteiger partial charge in [0.25, 0.3) is 5.91 Å². The number of rotatable bonds is 4. The minimum Gasteiger partial charge on any atom is -0.492 e. The molecular formula is C16H15F3N2O2. The van der Waals surface area contributed by atoms with Gasteiger partial charge in [-0.1, -0.05) is 12.1 Å². The van der Waals surface area contributed by atoms with Crippen molar-refractivity contribution in [3.63, 3.8) is 0 Å². The maximum absolute atomic E-state index is 12.6. The molecule has 1 aromatic carbocycles. The summed E-state index contributed by atoms with van der Waals surface area (Å²) in [6, 6.07) is 8.72. The van der Waals surface area contributed by atoms with E-state index in [1.165, 1.54) is 6.92 Å². The number of aromatic nitrogens is 1. The second-order valence-electron chi connectivity index (χ2n) is 4.71. The Morgan fingerprint density at radius 3 is 2.52 bits per heavy atom. The van der Waals surface area contributed by atoms with Crippen LogP contribution in [0.15, 0.2) is 36.4 Å². The number of nitrogens with one attached hydrogen (secondary N) is 1. The number of aryl methyl sites for hydroxylation is 1. The summed E-state index contributed by atoms with van der Waals surface area (Å²) in [6.07, 6.45) is -4.54. The molecule has 7 heteroatoms. The third-order valence-electron chi connectivity index (χ3n) is 3.06. The van der Waals surface area contributed by atoms with Gasteiger partial charge in [0.2, 0.25) is 0 Å². The fourth-order valence-corrected chi connectivity index (χ4v) is 2.00. The zero-order valence-electron chi connectivity index (χ0n) is 12.6. The van der Waals surface area contributed by atoms with E-state index in [1.54, 1.807) is 24.3 Å². The predicted octanol–water partition coefficient (Wildman–Crippen LogP) is 4.06. The zero-order valence-corrected chi connectivity index (χ0v) is 12.6. The number of alkyl halides is 3. The van der Waals surface area contributed by atoms with Crippen molar-refractivity contribution in [2.75, 3.05) is 11.9 Å². The lowest BCUT2D eigenvalue weighted by atomic mass is 10.1. The van der Waals surface area contributed by atoms with Gasteiger partial charge in [-0.2, -0.15) is 13.2 Å². The number of anilines is 1. The minimum atomic E-state index is -4.54. The molecule has 0 fully saturated rings. The van der Waals surface area contributed by atoms with E-state index in [4.69, 9.17) is 4.74 Å². The maximum Gasteiger partial charge on any atom is 0.433 e. The topological polar surface area (TPSA) is 51.2 Å². The normalized spacial score (nSPS) is 11.2. The Bertz CT molecular complexity index is 715. The van der Waals surface area contributed by atoms with Crippen molar-refractivity contribution >= 4 is 11.6 Å². The Labute approximate surface area is 131 Å². The van der Waals surface area contributed by atoms with E-state index in [0.29, 0.717) is 18.0 Å². The summed E-state index contributed by atoms with van der Waals surface area (Å²) in [7, 11) is 0. The van der Waals surface area contributed by atoms with Gasteiger partial charge in [0.15, 0.2) is 0 Å². The first kappa shape index (κ1) is 16.8. The minimum absolute atomic E-state index is 0.00576. The number of ether oxygens (including phenoxy) is 1. The highest BCUT2D eigenvalue weighted by Crippen LogP contribution is 2.29. The third-order valence-corrected chi connectivity index (χ3v) is 3.06. The lowest BCUT2D eigenvalue weighted by Gasteiger charge is -2.13. The summed E-state index contributed by atoms with van der Waals surface area (Å²) in [4.78, 5) is 15.7. The van der Waals surface area contributed by atoms with Gasteiger partial charge in [-0.3, -0.25) is 4.79 Å². The zero-order chi connectivity index (χ0) is 17.0. The number of para-hydroxylation sites is 2. The summed E-state index contributed by atoms with van der Waals surface area (Å²) in [5, 5.41) is 2.63. The number of carbonyl (C=O) groups is 1. The van der Waals surface area contributed by atoms with Gasteiger partial charge in [0.1, 0.15) is 11.4 Å². The fourth-order valence-electron chi connectivity index (χ4n) is 2.00. The van der Waals surface area contributed by atoms with Crippen LogP contribution in [-0.2, 0) is 6.18 Å². The molecule has 0 spiro atoms. The van der Waals surface area contributed by atoms with E-state index < -0.39 is 17.8 Å². The smallest absolute Gasteiger partial charge is 0.433 e. The van der Waals surface area contributed by atoms with Gasteiger partial charge in [-0.25, -0.2) is 4.98 Å². The molecule has 0 aliphatic rings. The first-order valence-electron chi connectivity index (χ1n) is 6.91. The summed E-state index contributed by atoms with van der Waals surface area (Å²) in [6.45, 7) is 3.59. The van der Waals surface area contributed by atoms with E-state index in [2.05, 4.69) is 10.3 Å². The molecule has 4 nitrogen and oxygen atoms in total. The molecule has 1 amide bonds. The molecule has 1 aromatic heterocycles. The molecular weight excluding hydrogens is 309 g/mol. The number of carbonyl (C=O) groups excluding carboxylic acids is 1. The average Bonchev–Trinajstić information content (AvgIpc) is 2.48. The molecule has 122 valence electrons. The van der Waals surface area contributed by atoms with Crippen LogP contribution in [0.2, 0.25) is 0 Å². The Morgan fingerprint density at radius 1 is 1.22 bits per heavy atom. The van der Waals surface area contributed by atoms with Crippen LogP contribution >= 0.6 is 0 Å². The Hall–Kier alpha value is -2.57. The highest BCUT2D eigenvalue weighted by atomic mass is 19.4. The van der Waals surface area contributed by atoms with Crippen LogP contribution < -0.4 is 10.1 Å². The fraction of sp³-hybridized carbons (Fsp3) is 0.250. The van der Waals surface area contributed by atoms with Crippen LogP contribution in [-0.4, -0.2) is 17.5 Å². The molecule has 0 radical (unpaired) electrons. The van der Waals surface area contributed by atoms with Gasteiger partial charge >= 0.3 is 6.18 Å². The second-order valence-corrected chi connectivity index (χ2v) is 4.71. The van der Waals surface area contributed by atoms with Gasteiger partial charge in [-0.15, -0.1) is 0 Å².